The van der Waals surface area contributed by atoms with Crippen LogP contribution in [0.4, 0.5) is 5.69 Å². The maximum atomic E-state index is 12.2. The van der Waals surface area contributed by atoms with Crippen LogP contribution in [-0.4, -0.2) is 36.6 Å². The van der Waals surface area contributed by atoms with Crippen LogP contribution in [-0.2, 0) is 13.0 Å². The number of ether oxygens (including phenoxy) is 2. The van der Waals surface area contributed by atoms with E-state index in [0.29, 0.717) is 23.7 Å². The molecule has 0 spiro atoms. The van der Waals surface area contributed by atoms with Gasteiger partial charge in [0.25, 0.3) is 5.91 Å². The number of nitrogens with zero attached hydrogens (tertiary/aromatic N) is 2. The maximum absolute atomic E-state index is 12.2. The van der Waals surface area contributed by atoms with Gasteiger partial charge in [0.2, 0.25) is 0 Å². The molecule has 1 amide bonds. The highest BCUT2D eigenvalue weighted by Gasteiger charge is 2.08. The van der Waals surface area contributed by atoms with Gasteiger partial charge in [0.1, 0.15) is 5.69 Å². The molecular formula is C22H24N4O3. The number of carbonyl (C=O) groups is 1. The first-order chi connectivity index (χ1) is 14.2. The second-order valence-corrected chi connectivity index (χ2v) is 6.30. The highest BCUT2D eigenvalue weighted by atomic mass is 16.5. The molecule has 0 atom stereocenters. The summed E-state index contributed by atoms with van der Waals surface area (Å²) in [7, 11) is 3.24. The van der Waals surface area contributed by atoms with Crippen LogP contribution in [0.3, 0.4) is 0 Å². The highest BCUT2D eigenvalue weighted by molar-refractivity contribution is 5.92. The number of aromatic nitrogens is 2. The van der Waals surface area contributed by atoms with Gasteiger partial charge in [-0.05, 0) is 48.4 Å². The fourth-order valence-electron chi connectivity index (χ4n) is 2.78. The van der Waals surface area contributed by atoms with E-state index in [1.165, 1.54) is 0 Å². The van der Waals surface area contributed by atoms with Gasteiger partial charge in [0.05, 0.1) is 38.3 Å². The molecule has 0 radical (unpaired) electrons. The van der Waals surface area contributed by atoms with Crippen LogP contribution in [0.2, 0.25) is 0 Å². The Balaban J connectivity index is 1.48. The minimum Gasteiger partial charge on any atom is -0.493 e. The van der Waals surface area contributed by atoms with Gasteiger partial charge >= 0.3 is 0 Å². The summed E-state index contributed by atoms with van der Waals surface area (Å²) in [4.78, 5) is 20.6. The molecule has 0 aliphatic rings. The van der Waals surface area contributed by atoms with Crippen molar-refractivity contribution in [1.82, 2.24) is 15.3 Å². The summed E-state index contributed by atoms with van der Waals surface area (Å²) in [6.45, 7) is 1.09. The van der Waals surface area contributed by atoms with Crippen LogP contribution in [0.5, 0.6) is 11.5 Å². The molecule has 7 heteroatoms. The summed E-state index contributed by atoms with van der Waals surface area (Å²) in [6, 6.07) is 15.0. The Labute approximate surface area is 170 Å². The molecule has 7 nitrogen and oxygen atoms in total. The van der Waals surface area contributed by atoms with Gasteiger partial charge in [-0.3, -0.25) is 9.78 Å². The molecule has 0 aliphatic heterocycles. The number of carbonyl (C=O) groups excluding carboxylic acids is 1. The van der Waals surface area contributed by atoms with Gasteiger partial charge in [-0.15, -0.1) is 0 Å². The van der Waals surface area contributed by atoms with E-state index in [-0.39, 0.29) is 5.91 Å². The Morgan fingerprint density at radius 3 is 2.55 bits per heavy atom. The van der Waals surface area contributed by atoms with Crippen molar-refractivity contribution in [2.75, 3.05) is 26.1 Å². The number of benzene rings is 1. The van der Waals surface area contributed by atoms with Gasteiger partial charge in [0.15, 0.2) is 11.5 Å². The fraction of sp³-hybridized carbons (Fsp3) is 0.227. The molecule has 3 rings (SSSR count). The molecule has 0 bridgehead atoms. The van der Waals surface area contributed by atoms with E-state index in [2.05, 4.69) is 20.6 Å². The zero-order valence-corrected chi connectivity index (χ0v) is 16.5. The first-order valence-corrected chi connectivity index (χ1v) is 9.28. The van der Waals surface area contributed by atoms with Gasteiger partial charge in [0, 0.05) is 12.7 Å². The average molecular weight is 392 g/mol. The minimum atomic E-state index is -0.229. The second kappa shape index (κ2) is 10.1. The van der Waals surface area contributed by atoms with Gasteiger partial charge in [-0.1, -0.05) is 12.1 Å². The normalized spacial score (nSPS) is 10.3. The van der Waals surface area contributed by atoms with Crippen molar-refractivity contribution < 1.29 is 14.3 Å². The van der Waals surface area contributed by atoms with Crippen LogP contribution < -0.4 is 20.1 Å². The maximum Gasteiger partial charge on any atom is 0.270 e. The lowest BCUT2D eigenvalue weighted by atomic mass is 10.1. The van der Waals surface area contributed by atoms with Crippen molar-refractivity contribution in [3.63, 3.8) is 0 Å². The van der Waals surface area contributed by atoms with Crippen molar-refractivity contribution in [3.05, 3.63) is 77.9 Å². The third kappa shape index (κ3) is 5.68. The Morgan fingerprint density at radius 2 is 1.86 bits per heavy atom. The SMILES string of the molecule is COc1ccc(CCNc2ccc(C(=O)NCc3ccccn3)nc2)cc1OC. The number of pyridine rings is 2. The molecule has 0 fully saturated rings. The molecule has 2 heterocycles. The molecular weight excluding hydrogens is 368 g/mol. The van der Waals surface area contributed by atoms with Gasteiger partial charge < -0.3 is 20.1 Å². The number of nitrogens with one attached hydrogen (secondary N) is 2. The minimum absolute atomic E-state index is 0.229. The third-order valence-electron chi connectivity index (χ3n) is 4.34. The summed E-state index contributed by atoms with van der Waals surface area (Å²) in [5.74, 6) is 1.20. The van der Waals surface area contributed by atoms with Crippen LogP contribution >= 0.6 is 0 Å². The molecule has 150 valence electrons. The van der Waals surface area contributed by atoms with E-state index in [9.17, 15) is 4.79 Å². The second-order valence-electron chi connectivity index (χ2n) is 6.30. The number of hydrogen-bond acceptors (Lipinski definition) is 6. The van der Waals surface area contributed by atoms with Crippen molar-refractivity contribution in [2.24, 2.45) is 0 Å². The summed E-state index contributed by atoms with van der Waals surface area (Å²) < 4.78 is 10.6. The standard InChI is InChI=1S/C22H24N4O3/c1-28-20-9-6-16(13-21(20)29-2)10-12-24-18-7-8-19(25-14-18)22(27)26-15-17-5-3-4-11-23-17/h3-9,11,13-14,24H,10,12,15H2,1-2H3,(H,26,27). The third-order valence-corrected chi connectivity index (χ3v) is 4.34. The predicted molar refractivity (Wildman–Crippen MR) is 111 cm³/mol. The number of amides is 1. The first kappa shape index (κ1) is 20.1. The van der Waals surface area contributed by atoms with Crippen molar-refractivity contribution in [1.29, 1.82) is 0 Å². The molecule has 3 aromatic rings. The summed E-state index contributed by atoms with van der Waals surface area (Å²) in [6.07, 6.45) is 4.17. The van der Waals surface area contributed by atoms with Crippen molar-refractivity contribution in [2.45, 2.75) is 13.0 Å². The fourth-order valence-corrected chi connectivity index (χ4v) is 2.78. The lowest BCUT2D eigenvalue weighted by Crippen LogP contribution is -2.24. The lowest BCUT2D eigenvalue weighted by Gasteiger charge is -2.10. The monoisotopic (exact) mass is 392 g/mol. The van der Waals surface area contributed by atoms with Crippen LogP contribution in [0.1, 0.15) is 21.7 Å². The Kier molecular flexibility index (Phi) is 7.00. The Bertz CT molecular complexity index is 931. The topological polar surface area (TPSA) is 85.4 Å². The van der Waals surface area contributed by atoms with E-state index in [1.54, 1.807) is 32.7 Å². The van der Waals surface area contributed by atoms with E-state index in [4.69, 9.17) is 9.47 Å². The Hall–Kier alpha value is -3.61. The summed E-state index contributed by atoms with van der Waals surface area (Å²) in [5, 5.41) is 6.12. The van der Waals surface area contributed by atoms with Gasteiger partial charge in [-0.25, -0.2) is 4.98 Å². The molecule has 2 N–H and O–H groups in total. The van der Waals surface area contributed by atoms with E-state index in [1.807, 2.05) is 42.5 Å². The highest BCUT2D eigenvalue weighted by Crippen LogP contribution is 2.27. The van der Waals surface area contributed by atoms with Gasteiger partial charge in [-0.2, -0.15) is 0 Å². The summed E-state index contributed by atoms with van der Waals surface area (Å²) >= 11 is 0. The number of rotatable bonds is 9. The van der Waals surface area contributed by atoms with E-state index < -0.39 is 0 Å². The number of hydrogen-bond donors (Lipinski definition) is 2. The first-order valence-electron chi connectivity index (χ1n) is 9.28. The number of anilines is 1. The zero-order chi connectivity index (χ0) is 20.5. The molecule has 0 saturated heterocycles. The molecule has 1 aromatic carbocycles. The quantitative estimate of drug-likeness (QED) is 0.582. The van der Waals surface area contributed by atoms with Crippen LogP contribution in [0, 0.1) is 0 Å². The zero-order valence-electron chi connectivity index (χ0n) is 16.5. The molecule has 0 saturated carbocycles. The molecule has 2 aromatic heterocycles. The van der Waals surface area contributed by atoms with E-state index >= 15 is 0 Å². The lowest BCUT2D eigenvalue weighted by molar-refractivity contribution is 0.0945. The molecule has 29 heavy (non-hydrogen) atoms. The average Bonchev–Trinajstić information content (AvgIpc) is 2.78. The van der Waals surface area contributed by atoms with E-state index in [0.717, 1.165) is 29.9 Å². The largest absolute Gasteiger partial charge is 0.493 e. The smallest absolute Gasteiger partial charge is 0.270 e. The molecule has 0 aliphatic carbocycles. The summed E-state index contributed by atoms with van der Waals surface area (Å²) in [5.41, 5.74) is 3.15. The number of methoxy groups -OCH3 is 2. The predicted octanol–water partition coefficient (Wildman–Crippen LogP) is 3.08. The van der Waals surface area contributed by atoms with Crippen molar-refractivity contribution in [3.8, 4) is 11.5 Å². The van der Waals surface area contributed by atoms with Crippen LogP contribution in [0.15, 0.2) is 60.9 Å². The van der Waals surface area contributed by atoms with Crippen molar-refractivity contribution >= 4 is 11.6 Å². The van der Waals surface area contributed by atoms with Crippen LogP contribution in [0.25, 0.3) is 0 Å². The Morgan fingerprint density at radius 1 is 1.00 bits per heavy atom. The molecule has 0 unspecified atom stereocenters.